The number of aryl methyl sites for hydroxylation is 3. The zero-order chi connectivity index (χ0) is 21.4. The van der Waals surface area contributed by atoms with E-state index in [0.717, 1.165) is 37.8 Å². The maximum Gasteiger partial charge on any atom is 0.255 e. The van der Waals surface area contributed by atoms with E-state index in [9.17, 15) is 4.79 Å². The van der Waals surface area contributed by atoms with Crippen molar-refractivity contribution in [1.29, 1.82) is 0 Å². The Morgan fingerprint density at radius 2 is 1.83 bits per heavy atom. The van der Waals surface area contributed by atoms with Crippen molar-refractivity contribution in [3.8, 4) is 17.2 Å². The third kappa shape index (κ3) is 3.83. The van der Waals surface area contributed by atoms with Gasteiger partial charge < -0.3 is 14.5 Å². The summed E-state index contributed by atoms with van der Waals surface area (Å²) in [5.74, 6) is 0.996. The number of rotatable bonds is 4. The van der Waals surface area contributed by atoms with E-state index in [1.807, 2.05) is 45.0 Å². The lowest BCUT2D eigenvalue weighted by Gasteiger charge is -2.11. The van der Waals surface area contributed by atoms with E-state index in [1.165, 1.54) is 0 Å². The summed E-state index contributed by atoms with van der Waals surface area (Å²) in [6.45, 7) is 6.00. The monoisotopic (exact) mass is 464 g/mol. The molecule has 0 unspecified atom stereocenters. The van der Waals surface area contributed by atoms with Gasteiger partial charge in [0, 0.05) is 16.8 Å². The molecule has 0 radical (unpaired) electrons. The molecule has 0 aliphatic carbocycles. The van der Waals surface area contributed by atoms with Crippen LogP contribution in [0.15, 0.2) is 57.4 Å². The number of oxazole rings is 1. The molecule has 0 saturated carbocycles. The number of hydrogen-bond donors (Lipinski definition) is 1. The smallest absolute Gasteiger partial charge is 0.255 e. The molecule has 0 spiro atoms. The number of methoxy groups -OCH3 is 1. The van der Waals surface area contributed by atoms with Crippen LogP contribution in [0.25, 0.3) is 22.6 Å². The van der Waals surface area contributed by atoms with Gasteiger partial charge in [-0.05, 0) is 89.8 Å². The second-order valence-electron chi connectivity index (χ2n) is 7.28. The first-order valence-electron chi connectivity index (χ1n) is 9.49. The second kappa shape index (κ2) is 7.95. The predicted octanol–water partition coefficient (Wildman–Crippen LogP) is 6.44. The largest absolute Gasteiger partial charge is 0.496 e. The van der Waals surface area contributed by atoms with Crippen LogP contribution in [0.5, 0.6) is 5.75 Å². The fourth-order valence-corrected chi connectivity index (χ4v) is 3.93. The Kier molecular flexibility index (Phi) is 5.35. The van der Waals surface area contributed by atoms with Crippen LogP contribution in [0.2, 0.25) is 0 Å². The van der Waals surface area contributed by atoms with Crippen LogP contribution in [0, 0.1) is 20.8 Å². The van der Waals surface area contributed by atoms with E-state index in [2.05, 4.69) is 32.3 Å². The molecule has 0 atom stereocenters. The summed E-state index contributed by atoms with van der Waals surface area (Å²) in [7, 11) is 1.59. The average Bonchev–Trinajstić information content (AvgIpc) is 3.14. The van der Waals surface area contributed by atoms with E-state index in [0.29, 0.717) is 22.9 Å². The minimum absolute atomic E-state index is 0.206. The van der Waals surface area contributed by atoms with Crippen LogP contribution < -0.4 is 10.1 Å². The number of anilines is 1. The van der Waals surface area contributed by atoms with Gasteiger partial charge in [-0.1, -0.05) is 12.1 Å². The van der Waals surface area contributed by atoms with Gasteiger partial charge in [0.15, 0.2) is 5.58 Å². The molecular weight excluding hydrogens is 444 g/mol. The van der Waals surface area contributed by atoms with Crippen LogP contribution in [-0.2, 0) is 0 Å². The van der Waals surface area contributed by atoms with Crippen LogP contribution >= 0.6 is 15.9 Å². The molecule has 0 bridgehead atoms. The fourth-order valence-electron chi connectivity index (χ4n) is 3.39. The molecule has 0 aliphatic rings. The highest BCUT2D eigenvalue weighted by molar-refractivity contribution is 9.10. The number of halogens is 1. The summed E-state index contributed by atoms with van der Waals surface area (Å²) in [5, 5.41) is 2.99. The highest BCUT2D eigenvalue weighted by Gasteiger charge is 2.14. The summed E-state index contributed by atoms with van der Waals surface area (Å²) in [6.07, 6.45) is 0. The molecule has 0 aliphatic heterocycles. The van der Waals surface area contributed by atoms with Crippen molar-refractivity contribution in [3.63, 3.8) is 0 Å². The van der Waals surface area contributed by atoms with Gasteiger partial charge >= 0.3 is 0 Å². The number of hydrogen-bond acceptors (Lipinski definition) is 4. The summed E-state index contributed by atoms with van der Waals surface area (Å²) in [4.78, 5) is 17.4. The molecule has 4 aromatic rings. The van der Waals surface area contributed by atoms with Gasteiger partial charge in [-0.25, -0.2) is 4.98 Å². The Bertz CT molecular complexity index is 1280. The van der Waals surface area contributed by atoms with Gasteiger partial charge in [0.1, 0.15) is 11.3 Å². The molecule has 1 amide bonds. The minimum atomic E-state index is -0.206. The Balaban J connectivity index is 1.66. The number of aromatic nitrogens is 1. The first-order valence-corrected chi connectivity index (χ1v) is 10.3. The molecule has 1 heterocycles. The summed E-state index contributed by atoms with van der Waals surface area (Å²) in [5.41, 5.74) is 6.79. The molecule has 4 rings (SSSR count). The number of carbonyl (C=O) groups is 1. The first kappa shape index (κ1) is 20.2. The van der Waals surface area contributed by atoms with Gasteiger partial charge in [0.25, 0.3) is 5.91 Å². The van der Waals surface area contributed by atoms with Gasteiger partial charge in [0.2, 0.25) is 5.89 Å². The van der Waals surface area contributed by atoms with Crippen molar-refractivity contribution in [1.82, 2.24) is 4.98 Å². The first-order chi connectivity index (χ1) is 14.4. The Morgan fingerprint density at radius 1 is 1.03 bits per heavy atom. The Hall–Kier alpha value is -3.12. The fraction of sp³-hybridized carbons (Fsp3) is 0.167. The molecule has 3 aromatic carbocycles. The standard InChI is InChI=1S/C24H21BrN2O3/c1-13-9-15(3)22-20(10-13)27-24(30-22)17-6-5-14(2)19(12-17)26-23(28)16-7-8-21(29-4)18(25)11-16/h5-12H,1-4H3,(H,26,28). The zero-order valence-corrected chi connectivity index (χ0v) is 18.8. The van der Waals surface area contributed by atoms with E-state index in [-0.39, 0.29) is 5.91 Å². The molecule has 1 aromatic heterocycles. The van der Waals surface area contributed by atoms with Crippen molar-refractivity contribution >= 4 is 38.6 Å². The number of amides is 1. The van der Waals surface area contributed by atoms with Crippen LogP contribution in [0.4, 0.5) is 5.69 Å². The van der Waals surface area contributed by atoms with Crippen molar-refractivity contribution in [2.75, 3.05) is 12.4 Å². The summed E-state index contributed by atoms with van der Waals surface area (Å²) in [6, 6.07) is 15.1. The van der Waals surface area contributed by atoms with Crippen molar-refractivity contribution in [2.45, 2.75) is 20.8 Å². The maximum atomic E-state index is 12.8. The van der Waals surface area contributed by atoms with Crippen molar-refractivity contribution < 1.29 is 13.9 Å². The van der Waals surface area contributed by atoms with Crippen LogP contribution in [-0.4, -0.2) is 18.0 Å². The highest BCUT2D eigenvalue weighted by atomic mass is 79.9. The highest BCUT2D eigenvalue weighted by Crippen LogP contribution is 2.31. The number of benzene rings is 3. The normalized spacial score (nSPS) is 11.0. The average molecular weight is 465 g/mol. The Labute approximate surface area is 183 Å². The molecule has 30 heavy (non-hydrogen) atoms. The van der Waals surface area contributed by atoms with E-state index in [4.69, 9.17) is 9.15 Å². The molecular formula is C24H21BrN2O3. The number of fused-ring (bicyclic) bond motifs is 1. The van der Waals surface area contributed by atoms with Gasteiger partial charge in [-0.15, -0.1) is 0 Å². The van der Waals surface area contributed by atoms with E-state index >= 15 is 0 Å². The lowest BCUT2D eigenvalue weighted by atomic mass is 10.1. The zero-order valence-electron chi connectivity index (χ0n) is 17.2. The third-order valence-electron chi connectivity index (χ3n) is 4.97. The summed E-state index contributed by atoms with van der Waals surface area (Å²) < 4.78 is 12.0. The third-order valence-corrected chi connectivity index (χ3v) is 5.59. The molecule has 0 saturated heterocycles. The van der Waals surface area contributed by atoms with Gasteiger partial charge in [-0.2, -0.15) is 0 Å². The molecule has 5 nitrogen and oxygen atoms in total. The number of ether oxygens (including phenoxy) is 1. The molecule has 152 valence electrons. The van der Waals surface area contributed by atoms with E-state index < -0.39 is 0 Å². The lowest BCUT2D eigenvalue weighted by molar-refractivity contribution is 0.102. The topological polar surface area (TPSA) is 64.4 Å². The molecule has 0 fully saturated rings. The number of nitrogens with one attached hydrogen (secondary N) is 1. The molecule has 1 N–H and O–H groups in total. The predicted molar refractivity (Wildman–Crippen MR) is 122 cm³/mol. The van der Waals surface area contributed by atoms with Crippen LogP contribution in [0.1, 0.15) is 27.0 Å². The Morgan fingerprint density at radius 3 is 2.57 bits per heavy atom. The number of nitrogens with zero attached hydrogens (tertiary/aromatic N) is 1. The molecule has 6 heteroatoms. The van der Waals surface area contributed by atoms with Crippen molar-refractivity contribution in [3.05, 3.63) is 75.3 Å². The maximum absolute atomic E-state index is 12.8. The van der Waals surface area contributed by atoms with Gasteiger partial charge in [-0.3, -0.25) is 4.79 Å². The lowest BCUT2D eigenvalue weighted by Crippen LogP contribution is -2.13. The quantitative estimate of drug-likeness (QED) is 0.377. The number of carbonyl (C=O) groups excluding carboxylic acids is 1. The van der Waals surface area contributed by atoms with Gasteiger partial charge in [0.05, 0.1) is 11.6 Å². The SMILES string of the molecule is COc1ccc(C(=O)Nc2cc(-c3nc4cc(C)cc(C)c4o3)ccc2C)cc1Br. The second-order valence-corrected chi connectivity index (χ2v) is 8.14. The minimum Gasteiger partial charge on any atom is -0.496 e. The van der Waals surface area contributed by atoms with Crippen molar-refractivity contribution in [2.24, 2.45) is 0 Å². The van der Waals surface area contributed by atoms with E-state index in [1.54, 1.807) is 25.3 Å². The van der Waals surface area contributed by atoms with Crippen LogP contribution in [0.3, 0.4) is 0 Å². The summed E-state index contributed by atoms with van der Waals surface area (Å²) >= 11 is 3.42.